The molecular formula is C27H40O6S. The molecule has 2 aromatic carbocycles. The van der Waals surface area contributed by atoms with E-state index >= 15 is 0 Å². The van der Waals surface area contributed by atoms with E-state index in [-0.39, 0.29) is 12.3 Å². The molecule has 0 bridgehead atoms. The van der Waals surface area contributed by atoms with Gasteiger partial charge in [-0.05, 0) is 72.6 Å². The normalized spacial score (nSPS) is 12.9. The second-order valence-electron chi connectivity index (χ2n) is 9.26. The first-order valence-corrected chi connectivity index (χ1v) is 12.3. The van der Waals surface area contributed by atoms with Gasteiger partial charge in [-0.3, -0.25) is 13.8 Å². The van der Waals surface area contributed by atoms with Crippen LogP contribution in [0.3, 0.4) is 0 Å². The third-order valence-corrected chi connectivity index (χ3v) is 6.25. The van der Waals surface area contributed by atoms with Crippen molar-refractivity contribution in [3.8, 4) is 0 Å². The lowest BCUT2D eigenvalue weighted by Gasteiger charge is -2.29. The van der Waals surface area contributed by atoms with Gasteiger partial charge in [-0.2, -0.15) is 8.42 Å². The number of carbonyl (C=O) groups is 2. The van der Waals surface area contributed by atoms with Gasteiger partial charge in [0.25, 0.3) is 10.1 Å². The van der Waals surface area contributed by atoms with E-state index in [1.165, 1.54) is 37.1 Å². The van der Waals surface area contributed by atoms with Crippen LogP contribution in [0, 0.1) is 19.3 Å². The van der Waals surface area contributed by atoms with E-state index in [4.69, 9.17) is 8.92 Å². The highest BCUT2D eigenvalue weighted by Crippen LogP contribution is 2.26. The summed E-state index contributed by atoms with van der Waals surface area (Å²) in [5.41, 5.74) is 1.15. The summed E-state index contributed by atoms with van der Waals surface area (Å²) in [6.07, 6.45) is 1.14. The topological polar surface area (TPSA) is 86.7 Å². The molecule has 0 spiro atoms. The minimum Gasteiger partial charge on any atom is -0.459 e. The maximum Gasteiger partial charge on any atom is 0.322 e. The lowest BCUT2D eigenvalue weighted by Crippen LogP contribution is -2.44. The second-order valence-corrected chi connectivity index (χ2v) is 10.9. The number of esters is 1. The highest BCUT2D eigenvalue weighted by atomic mass is 32.2. The number of hydrogen-bond acceptors (Lipinski definition) is 6. The third kappa shape index (κ3) is 9.77. The average molecular weight is 493 g/mol. The van der Waals surface area contributed by atoms with Crippen LogP contribution in [-0.2, 0) is 35.0 Å². The van der Waals surface area contributed by atoms with E-state index in [1.54, 1.807) is 32.9 Å². The monoisotopic (exact) mass is 492 g/mol. The molecule has 7 heteroatoms. The van der Waals surface area contributed by atoms with Crippen LogP contribution < -0.4 is 0 Å². The van der Waals surface area contributed by atoms with Gasteiger partial charge in [0, 0.05) is 0 Å². The van der Waals surface area contributed by atoms with E-state index in [1.807, 2.05) is 6.92 Å². The summed E-state index contributed by atoms with van der Waals surface area (Å²) < 4.78 is 34.7. The molecule has 0 radical (unpaired) electrons. The Bertz CT molecular complexity index is 1030. The number of ether oxygens (including phenoxy) is 1. The lowest BCUT2D eigenvalue weighted by molar-refractivity contribution is -0.170. The average Bonchev–Trinajstić information content (AvgIpc) is 2.72. The molecule has 0 aliphatic rings. The first-order chi connectivity index (χ1) is 15.1. The molecule has 0 heterocycles. The van der Waals surface area contributed by atoms with Crippen molar-refractivity contribution in [1.82, 2.24) is 0 Å². The van der Waals surface area contributed by atoms with E-state index in [2.05, 4.69) is 38.1 Å². The summed E-state index contributed by atoms with van der Waals surface area (Å²) in [5, 5.41) is 0. The van der Waals surface area contributed by atoms with Gasteiger partial charge in [0.2, 0.25) is 0 Å². The second kappa shape index (κ2) is 12.8. The number of carbonyl (C=O) groups excluding carboxylic acids is 2. The molecule has 0 amide bonds. The fourth-order valence-electron chi connectivity index (χ4n) is 2.49. The quantitative estimate of drug-likeness (QED) is 0.274. The van der Waals surface area contributed by atoms with Crippen molar-refractivity contribution in [2.24, 2.45) is 5.41 Å². The van der Waals surface area contributed by atoms with Crippen LogP contribution in [0.15, 0.2) is 53.4 Å². The van der Waals surface area contributed by atoms with Crippen molar-refractivity contribution >= 4 is 21.9 Å². The Labute approximate surface area is 205 Å². The lowest BCUT2D eigenvalue weighted by atomic mass is 9.87. The molecule has 0 saturated heterocycles. The molecule has 0 saturated carbocycles. The highest BCUT2D eigenvalue weighted by molar-refractivity contribution is 7.86. The van der Waals surface area contributed by atoms with Crippen molar-refractivity contribution in [1.29, 1.82) is 0 Å². The van der Waals surface area contributed by atoms with Gasteiger partial charge >= 0.3 is 5.97 Å². The highest BCUT2D eigenvalue weighted by Gasteiger charge is 2.43. The zero-order chi connectivity index (χ0) is 25.4. The van der Waals surface area contributed by atoms with Crippen molar-refractivity contribution in [2.45, 2.75) is 79.7 Å². The van der Waals surface area contributed by atoms with E-state index < -0.39 is 39.5 Å². The molecule has 6 nitrogen and oxygen atoms in total. The molecule has 0 fully saturated rings. The smallest absolute Gasteiger partial charge is 0.322 e. The summed E-state index contributed by atoms with van der Waals surface area (Å²) in [6.45, 7) is 13.0. The summed E-state index contributed by atoms with van der Waals surface area (Å²) in [5.74, 6) is -1.35. The maximum atomic E-state index is 12.3. The maximum absolute atomic E-state index is 12.3. The molecule has 0 aliphatic carbocycles. The fourth-order valence-corrected chi connectivity index (χ4v) is 3.48. The molecule has 34 heavy (non-hydrogen) atoms. The van der Waals surface area contributed by atoms with E-state index in [9.17, 15) is 18.0 Å². The number of ketones is 1. The molecule has 2 rings (SSSR count). The van der Waals surface area contributed by atoms with Gasteiger partial charge in [-0.1, -0.05) is 61.9 Å². The summed E-state index contributed by atoms with van der Waals surface area (Å²) in [6, 6.07) is 14.7. The Morgan fingerprint density at radius 2 is 1.29 bits per heavy atom. The Balaban J connectivity index is 0.000000911. The molecule has 0 aliphatic heterocycles. The van der Waals surface area contributed by atoms with Gasteiger partial charge in [0.1, 0.15) is 16.8 Å². The van der Waals surface area contributed by atoms with Gasteiger partial charge in [0.05, 0.1) is 11.5 Å². The zero-order valence-electron chi connectivity index (χ0n) is 20.9. The Kier molecular flexibility index (Phi) is 11.9. The van der Waals surface area contributed by atoms with Crippen molar-refractivity contribution in [3.05, 3.63) is 65.2 Å². The fraction of sp³-hybridized carbons (Fsp3) is 0.481. The van der Waals surface area contributed by atoms with Gasteiger partial charge < -0.3 is 4.74 Å². The van der Waals surface area contributed by atoms with Crippen molar-refractivity contribution in [3.63, 3.8) is 0 Å². The first-order valence-electron chi connectivity index (χ1n) is 10.9. The minimum atomic E-state index is -4.08. The molecule has 0 aromatic heterocycles. The zero-order valence-corrected chi connectivity index (χ0v) is 21.7. The minimum absolute atomic E-state index is 0. The molecule has 190 valence electrons. The Hall–Kier alpha value is -2.51. The molecule has 1 unspecified atom stereocenters. The van der Waals surface area contributed by atoms with Crippen molar-refractivity contribution < 1.29 is 26.9 Å². The first kappa shape index (κ1) is 31.5. The predicted octanol–water partition coefficient (Wildman–Crippen LogP) is 5.83. The van der Waals surface area contributed by atoms with Crippen LogP contribution in [0.2, 0.25) is 0 Å². The third-order valence-electron chi connectivity index (χ3n) is 4.97. The number of benzene rings is 2. The van der Waals surface area contributed by atoms with Crippen LogP contribution in [0.4, 0.5) is 0 Å². The van der Waals surface area contributed by atoms with E-state index in [0.29, 0.717) is 0 Å². The largest absolute Gasteiger partial charge is 0.459 e. The molecule has 0 N–H and O–H groups in total. The van der Waals surface area contributed by atoms with Gasteiger partial charge in [0.15, 0.2) is 0 Å². The van der Waals surface area contributed by atoms with Crippen LogP contribution in [0.1, 0.15) is 65.7 Å². The van der Waals surface area contributed by atoms with Crippen LogP contribution in [0.25, 0.3) is 0 Å². The standard InChI is InChI=1S/C17H24O6S.C9H12.CH4/c1-12-7-9-14(10-8-12)24(20,21)22-11-17(6,13(2)18)15(19)23-16(3,4)5;1-3-9-6-4-8(2)5-7-9;/h7-10H,11H2,1-6H3;4-7H,3H2,1-2H3;1H4. The van der Waals surface area contributed by atoms with Gasteiger partial charge in [-0.15, -0.1) is 0 Å². The molecular weight excluding hydrogens is 452 g/mol. The van der Waals surface area contributed by atoms with Crippen LogP contribution in [-0.4, -0.2) is 32.4 Å². The predicted molar refractivity (Wildman–Crippen MR) is 136 cm³/mol. The van der Waals surface area contributed by atoms with Crippen LogP contribution >= 0.6 is 0 Å². The molecule has 1 atom stereocenters. The Morgan fingerprint density at radius 1 is 0.853 bits per heavy atom. The Morgan fingerprint density at radius 3 is 1.68 bits per heavy atom. The number of aryl methyl sites for hydroxylation is 3. The van der Waals surface area contributed by atoms with Crippen molar-refractivity contribution in [2.75, 3.05) is 6.61 Å². The summed E-state index contributed by atoms with van der Waals surface area (Å²) in [7, 11) is -4.08. The number of Topliss-reactive ketones (excluding diaryl/α,β-unsaturated/α-hetero) is 1. The number of hydrogen-bond donors (Lipinski definition) is 0. The number of rotatable bonds is 7. The van der Waals surface area contributed by atoms with E-state index in [0.717, 1.165) is 12.0 Å². The van der Waals surface area contributed by atoms with Gasteiger partial charge in [-0.25, -0.2) is 0 Å². The molecule has 2 aromatic rings. The SMILES string of the molecule is C.CC(=O)C(C)(COS(=O)(=O)c1ccc(C)cc1)C(=O)OC(C)(C)C.CCc1ccc(C)cc1. The van der Waals surface area contributed by atoms with Crippen LogP contribution in [0.5, 0.6) is 0 Å². The summed E-state index contributed by atoms with van der Waals surface area (Å²) in [4.78, 5) is 24.2. The summed E-state index contributed by atoms with van der Waals surface area (Å²) >= 11 is 0.